The maximum absolute atomic E-state index is 12.3. The average Bonchev–Trinajstić information content (AvgIpc) is 3.22. The molecular weight excluding hydrogens is 524 g/mol. The number of benzene rings is 4. The number of nitrogens with zero attached hydrogens (tertiary/aromatic N) is 2. The van der Waals surface area contributed by atoms with Gasteiger partial charge in [-0.1, -0.05) is 66.2 Å². The van der Waals surface area contributed by atoms with Gasteiger partial charge in [0, 0.05) is 17.7 Å². The normalized spacial score (nSPS) is 11.2. The fourth-order valence-corrected chi connectivity index (χ4v) is 5.53. The number of fused-ring (bicyclic) bond motifs is 1. The number of nitrogens with one attached hydrogen (secondary N) is 1. The second kappa shape index (κ2) is 11.7. The van der Waals surface area contributed by atoms with Crippen LogP contribution in [-0.4, -0.2) is 30.9 Å². The molecule has 0 radical (unpaired) electrons. The fraction of sp³-hybridized carbons (Fsp3) is 0.161. The van der Waals surface area contributed by atoms with Gasteiger partial charge >= 0.3 is 6.09 Å². The third-order valence-corrected chi connectivity index (χ3v) is 8.01. The van der Waals surface area contributed by atoms with Crippen LogP contribution in [0.4, 0.5) is 4.79 Å². The maximum atomic E-state index is 12.3. The summed E-state index contributed by atoms with van der Waals surface area (Å²) in [7, 11) is -3.98. The van der Waals surface area contributed by atoms with E-state index in [9.17, 15) is 13.2 Å². The van der Waals surface area contributed by atoms with Crippen molar-refractivity contribution in [2.75, 3.05) is 6.61 Å². The summed E-state index contributed by atoms with van der Waals surface area (Å²) in [4.78, 5) is 12.1. The van der Waals surface area contributed by atoms with Crippen molar-refractivity contribution in [1.29, 1.82) is 0 Å². The van der Waals surface area contributed by atoms with Crippen LogP contribution in [0.25, 0.3) is 27.6 Å². The number of carbonyl (C=O) groups is 1. The lowest BCUT2D eigenvalue weighted by atomic mass is 10.00. The Kier molecular flexibility index (Phi) is 8.37. The number of hydrogen-bond acceptors (Lipinski definition) is 6. The van der Waals surface area contributed by atoms with Gasteiger partial charge in [-0.2, -0.15) is 5.10 Å². The standard InChI is InChI=1S/C31H29N3O4S.H3N/c1-21-8-16-29(17-9-21)39(36,37)33-31(35)38-19-18-24-10-14-28(15-11-24)34-23(3)30(22(2)32-34)27-13-12-25-6-4-5-7-26(25)20-27;/h4-17,20H,18-19H2,1-3H3,(H,33,35);1H3. The van der Waals surface area contributed by atoms with Crippen molar-refractivity contribution in [1.82, 2.24) is 20.7 Å². The predicted molar refractivity (Wildman–Crippen MR) is 158 cm³/mol. The van der Waals surface area contributed by atoms with E-state index in [1.54, 1.807) is 12.1 Å². The zero-order chi connectivity index (χ0) is 27.6. The minimum absolute atomic E-state index is 0. The van der Waals surface area contributed by atoms with Crippen LogP contribution < -0.4 is 10.9 Å². The van der Waals surface area contributed by atoms with Gasteiger partial charge in [0.15, 0.2) is 0 Å². The van der Waals surface area contributed by atoms with Gasteiger partial charge in [0.1, 0.15) is 0 Å². The maximum Gasteiger partial charge on any atom is 0.421 e. The number of carbonyl (C=O) groups excluding carboxylic acids is 1. The summed E-state index contributed by atoms with van der Waals surface area (Å²) in [6, 6.07) is 28.8. The number of sulfonamides is 1. The summed E-state index contributed by atoms with van der Waals surface area (Å²) in [5.74, 6) is 0. The molecule has 1 heterocycles. The van der Waals surface area contributed by atoms with Crippen molar-refractivity contribution < 1.29 is 17.9 Å². The molecule has 1 aromatic heterocycles. The quantitative estimate of drug-likeness (QED) is 0.238. The van der Waals surface area contributed by atoms with Gasteiger partial charge in [0.05, 0.1) is 22.9 Å². The first kappa shape index (κ1) is 28.5. The largest absolute Gasteiger partial charge is 0.448 e. The van der Waals surface area contributed by atoms with Crippen molar-refractivity contribution >= 4 is 26.9 Å². The smallest absolute Gasteiger partial charge is 0.421 e. The first-order valence-electron chi connectivity index (χ1n) is 12.6. The van der Waals surface area contributed by atoms with Gasteiger partial charge in [-0.15, -0.1) is 0 Å². The van der Waals surface area contributed by atoms with Crippen molar-refractivity contribution in [2.24, 2.45) is 0 Å². The van der Waals surface area contributed by atoms with Crippen LogP contribution in [-0.2, 0) is 21.2 Å². The van der Waals surface area contributed by atoms with Gasteiger partial charge < -0.3 is 10.9 Å². The molecular formula is C31H32N4O4S. The van der Waals surface area contributed by atoms with E-state index in [0.717, 1.165) is 39.3 Å². The molecule has 5 aromatic rings. The highest BCUT2D eigenvalue weighted by molar-refractivity contribution is 7.90. The highest BCUT2D eigenvalue weighted by Crippen LogP contribution is 2.31. The van der Waals surface area contributed by atoms with Crippen LogP contribution in [0, 0.1) is 20.8 Å². The van der Waals surface area contributed by atoms with Gasteiger partial charge in [0.25, 0.3) is 10.0 Å². The molecule has 0 aliphatic carbocycles. The van der Waals surface area contributed by atoms with Crippen LogP contribution in [0.3, 0.4) is 0 Å². The number of amides is 1. The number of aryl methyl sites for hydroxylation is 2. The van der Waals surface area contributed by atoms with E-state index < -0.39 is 16.1 Å². The van der Waals surface area contributed by atoms with Crippen molar-refractivity contribution in [3.63, 3.8) is 0 Å². The summed E-state index contributed by atoms with van der Waals surface area (Å²) < 4.78 is 33.7. The lowest BCUT2D eigenvalue weighted by Gasteiger charge is -2.09. The number of rotatable bonds is 7. The minimum Gasteiger partial charge on any atom is -0.448 e. The summed E-state index contributed by atoms with van der Waals surface area (Å²) in [5, 5.41) is 7.19. The van der Waals surface area contributed by atoms with E-state index >= 15 is 0 Å². The Balaban J connectivity index is 0.00000370. The third-order valence-electron chi connectivity index (χ3n) is 6.68. The molecule has 4 aromatic carbocycles. The second-order valence-corrected chi connectivity index (χ2v) is 11.2. The predicted octanol–water partition coefficient (Wildman–Crippen LogP) is 6.44. The molecule has 0 unspecified atom stereocenters. The molecule has 4 N–H and O–H groups in total. The van der Waals surface area contributed by atoms with Crippen LogP contribution in [0.5, 0.6) is 0 Å². The zero-order valence-corrected chi connectivity index (χ0v) is 23.5. The first-order chi connectivity index (χ1) is 18.7. The monoisotopic (exact) mass is 556 g/mol. The summed E-state index contributed by atoms with van der Waals surface area (Å²) in [6.07, 6.45) is -0.561. The molecule has 0 aliphatic heterocycles. The molecule has 9 heteroatoms. The molecule has 0 spiro atoms. The summed E-state index contributed by atoms with van der Waals surface area (Å²) in [6.45, 7) is 5.98. The van der Waals surface area contributed by atoms with Crippen LogP contribution in [0.1, 0.15) is 22.5 Å². The molecule has 40 heavy (non-hydrogen) atoms. The highest BCUT2D eigenvalue weighted by Gasteiger charge is 2.18. The van der Waals surface area contributed by atoms with E-state index in [-0.39, 0.29) is 17.7 Å². The van der Waals surface area contributed by atoms with Gasteiger partial charge in [-0.25, -0.2) is 22.6 Å². The van der Waals surface area contributed by atoms with E-state index in [0.29, 0.717) is 6.42 Å². The van der Waals surface area contributed by atoms with E-state index in [4.69, 9.17) is 9.84 Å². The fourth-order valence-electron chi connectivity index (χ4n) is 4.64. The first-order valence-corrected chi connectivity index (χ1v) is 14.1. The minimum atomic E-state index is -3.98. The number of ether oxygens (including phenoxy) is 1. The average molecular weight is 557 g/mol. The molecule has 1 amide bonds. The Morgan fingerprint density at radius 2 is 1.55 bits per heavy atom. The number of aromatic nitrogens is 2. The second-order valence-electron chi connectivity index (χ2n) is 9.49. The molecule has 0 bridgehead atoms. The topological polar surface area (TPSA) is 125 Å². The van der Waals surface area contributed by atoms with E-state index in [1.807, 2.05) is 59.6 Å². The van der Waals surface area contributed by atoms with E-state index in [1.165, 1.54) is 22.9 Å². The molecule has 0 fully saturated rings. The molecule has 206 valence electrons. The lowest BCUT2D eigenvalue weighted by molar-refractivity contribution is 0.154. The van der Waals surface area contributed by atoms with E-state index in [2.05, 4.69) is 37.3 Å². The Labute approximate surface area is 234 Å². The molecule has 0 saturated carbocycles. The molecule has 0 aliphatic rings. The van der Waals surface area contributed by atoms with Crippen LogP contribution >= 0.6 is 0 Å². The third kappa shape index (κ3) is 6.06. The molecule has 5 rings (SSSR count). The summed E-state index contributed by atoms with van der Waals surface area (Å²) >= 11 is 0. The van der Waals surface area contributed by atoms with Crippen molar-refractivity contribution in [3.8, 4) is 16.8 Å². The number of hydrogen-bond donors (Lipinski definition) is 2. The Morgan fingerprint density at radius 3 is 2.25 bits per heavy atom. The van der Waals surface area contributed by atoms with Crippen LogP contribution in [0.2, 0.25) is 0 Å². The highest BCUT2D eigenvalue weighted by atomic mass is 32.2. The van der Waals surface area contributed by atoms with Gasteiger partial charge in [-0.3, -0.25) is 0 Å². The lowest BCUT2D eigenvalue weighted by Crippen LogP contribution is -2.31. The molecule has 0 saturated heterocycles. The molecule has 8 nitrogen and oxygen atoms in total. The van der Waals surface area contributed by atoms with Crippen molar-refractivity contribution in [2.45, 2.75) is 32.1 Å². The Morgan fingerprint density at radius 1 is 0.875 bits per heavy atom. The SMILES string of the molecule is Cc1ccc(S(=O)(=O)NC(=O)OCCc2ccc(-n3nc(C)c(-c4ccc5ccccc5c4)c3C)cc2)cc1.N. The van der Waals surface area contributed by atoms with Gasteiger partial charge in [-0.05, 0) is 73.0 Å². The van der Waals surface area contributed by atoms with Gasteiger partial charge in [0.2, 0.25) is 0 Å². The Hall–Kier alpha value is -4.47. The summed E-state index contributed by atoms with van der Waals surface area (Å²) in [5.41, 5.74) is 7.04. The molecule has 0 atom stereocenters. The van der Waals surface area contributed by atoms with Crippen LogP contribution in [0.15, 0.2) is 95.9 Å². The van der Waals surface area contributed by atoms with Crippen molar-refractivity contribution in [3.05, 3.63) is 114 Å². The Bertz CT molecular complexity index is 1760. The zero-order valence-electron chi connectivity index (χ0n) is 22.7.